The van der Waals surface area contributed by atoms with Crippen molar-refractivity contribution in [2.45, 2.75) is 63.5 Å². The minimum atomic E-state index is 0.471. The van der Waals surface area contributed by atoms with Crippen LogP contribution in [-0.2, 0) is 0 Å². The molecule has 0 unspecified atom stereocenters. The van der Waals surface area contributed by atoms with E-state index in [0.717, 1.165) is 6.04 Å². The summed E-state index contributed by atoms with van der Waals surface area (Å²) in [6.07, 6.45) is 10.6. The Morgan fingerprint density at radius 3 is 2.24 bits per heavy atom. The normalized spacial score (nSPS) is 32.3. The molecule has 3 nitrogen and oxygen atoms in total. The standard InChI is InChI=1S/C14H29N3/c15-13-5-7-14(8-6-13)16-9-12-17-10-3-1-2-4-11-17/h13-14,16H,1-12,15H2. The van der Waals surface area contributed by atoms with Gasteiger partial charge in [0.05, 0.1) is 0 Å². The summed E-state index contributed by atoms with van der Waals surface area (Å²) in [5, 5.41) is 3.71. The van der Waals surface area contributed by atoms with Crippen molar-refractivity contribution >= 4 is 0 Å². The van der Waals surface area contributed by atoms with Gasteiger partial charge in [-0.05, 0) is 51.6 Å². The quantitative estimate of drug-likeness (QED) is 0.785. The van der Waals surface area contributed by atoms with Crippen molar-refractivity contribution in [3.63, 3.8) is 0 Å². The highest BCUT2D eigenvalue weighted by Gasteiger charge is 2.18. The van der Waals surface area contributed by atoms with Crippen LogP contribution in [0.5, 0.6) is 0 Å². The van der Waals surface area contributed by atoms with Crippen LogP contribution in [0, 0.1) is 0 Å². The molecule has 0 aromatic carbocycles. The second kappa shape index (κ2) is 7.34. The van der Waals surface area contributed by atoms with Gasteiger partial charge in [-0.3, -0.25) is 0 Å². The van der Waals surface area contributed by atoms with Crippen molar-refractivity contribution in [3.8, 4) is 0 Å². The van der Waals surface area contributed by atoms with Gasteiger partial charge in [0.25, 0.3) is 0 Å². The monoisotopic (exact) mass is 239 g/mol. The number of nitrogens with two attached hydrogens (primary N) is 1. The molecular formula is C14H29N3. The number of nitrogens with one attached hydrogen (secondary N) is 1. The van der Waals surface area contributed by atoms with E-state index in [2.05, 4.69) is 10.2 Å². The van der Waals surface area contributed by atoms with Crippen molar-refractivity contribution < 1.29 is 0 Å². The first kappa shape index (κ1) is 13.3. The van der Waals surface area contributed by atoms with Gasteiger partial charge in [-0.1, -0.05) is 12.8 Å². The van der Waals surface area contributed by atoms with Gasteiger partial charge in [0, 0.05) is 25.2 Å². The van der Waals surface area contributed by atoms with E-state index in [1.54, 1.807) is 0 Å². The molecule has 1 heterocycles. The van der Waals surface area contributed by atoms with Crippen LogP contribution in [0.1, 0.15) is 51.4 Å². The fourth-order valence-corrected chi connectivity index (χ4v) is 3.11. The Bertz CT molecular complexity index is 192. The Labute approximate surface area is 106 Å². The second-order valence-electron chi connectivity index (χ2n) is 5.82. The van der Waals surface area contributed by atoms with E-state index in [0.29, 0.717) is 6.04 Å². The van der Waals surface area contributed by atoms with Crippen molar-refractivity contribution in [3.05, 3.63) is 0 Å². The summed E-state index contributed by atoms with van der Waals surface area (Å²) >= 11 is 0. The van der Waals surface area contributed by atoms with Crippen LogP contribution in [-0.4, -0.2) is 43.2 Å². The first-order chi connectivity index (χ1) is 8.34. The van der Waals surface area contributed by atoms with Crippen molar-refractivity contribution in [1.29, 1.82) is 0 Å². The molecule has 1 saturated carbocycles. The lowest BCUT2D eigenvalue weighted by molar-refractivity contribution is 0.267. The summed E-state index contributed by atoms with van der Waals surface area (Å²) in [5.41, 5.74) is 5.92. The van der Waals surface area contributed by atoms with Crippen LogP contribution >= 0.6 is 0 Å². The Kier molecular flexibility index (Phi) is 5.75. The zero-order valence-corrected chi connectivity index (χ0v) is 11.2. The first-order valence-corrected chi connectivity index (χ1v) is 7.56. The van der Waals surface area contributed by atoms with Gasteiger partial charge in [-0.15, -0.1) is 0 Å². The summed E-state index contributed by atoms with van der Waals surface area (Å²) in [6.45, 7) is 5.04. The summed E-state index contributed by atoms with van der Waals surface area (Å²) < 4.78 is 0. The van der Waals surface area contributed by atoms with Crippen LogP contribution < -0.4 is 11.1 Å². The first-order valence-electron chi connectivity index (χ1n) is 7.56. The molecule has 2 fully saturated rings. The maximum Gasteiger partial charge on any atom is 0.0107 e. The molecule has 100 valence electrons. The Balaban J connectivity index is 1.55. The predicted octanol–water partition coefficient (Wildman–Crippen LogP) is 1.72. The molecule has 2 aliphatic rings. The molecule has 1 saturated heterocycles. The van der Waals surface area contributed by atoms with Crippen LogP contribution in [0.2, 0.25) is 0 Å². The topological polar surface area (TPSA) is 41.3 Å². The van der Waals surface area contributed by atoms with Gasteiger partial charge in [0.15, 0.2) is 0 Å². The number of hydrogen-bond acceptors (Lipinski definition) is 3. The van der Waals surface area contributed by atoms with Crippen LogP contribution in [0.15, 0.2) is 0 Å². The van der Waals surface area contributed by atoms with Crippen molar-refractivity contribution in [2.75, 3.05) is 26.2 Å². The van der Waals surface area contributed by atoms with Gasteiger partial charge in [-0.2, -0.15) is 0 Å². The molecule has 3 N–H and O–H groups in total. The van der Waals surface area contributed by atoms with Crippen LogP contribution in [0.4, 0.5) is 0 Å². The van der Waals surface area contributed by atoms with E-state index in [1.807, 2.05) is 0 Å². The third-order valence-corrected chi connectivity index (χ3v) is 4.33. The lowest BCUT2D eigenvalue weighted by atomic mass is 9.92. The Hall–Kier alpha value is -0.120. The van der Waals surface area contributed by atoms with E-state index >= 15 is 0 Å². The molecule has 0 aromatic rings. The number of nitrogens with zero attached hydrogens (tertiary/aromatic N) is 1. The molecule has 3 heteroatoms. The Morgan fingerprint density at radius 1 is 0.941 bits per heavy atom. The van der Waals surface area contributed by atoms with E-state index in [4.69, 9.17) is 5.73 Å². The van der Waals surface area contributed by atoms with Gasteiger partial charge in [0.2, 0.25) is 0 Å². The molecule has 2 rings (SSSR count). The molecule has 0 bridgehead atoms. The summed E-state index contributed by atoms with van der Waals surface area (Å²) in [5.74, 6) is 0. The zero-order chi connectivity index (χ0) is 11.9. The Morgan fingerprint density at radius 2 is 1.59 bits per heavy atom. The minimum absolute atomic E-state index is 0.471. The maximum atomic E-state index is 5.92. The van der Waals surface area contributed by atoms with Crippen LogP contribution in [0.25, 0.3) is 0 Å². The summed E-state index contributed by atoms with van der Waals surface area (Å²) in [4.78, 5) is 2.63. The molecule has 0 spiro atoms. The van der Waals surface area contributed by atoms with E-state index in [9.17, 15) is 0 Å². The highest BCUT2D eigenvalue weighted by molar-refractivity contribution is 4.79. The molecule has 1 aliphatic heterocycles. The van der Waals surface area contributed by atoms with Gasteiger partial charge in [0.1, 0.15) is 0 Å². The average Bonchev–Trinajstić information content (AvgIpc) is 2.60. The molecule has 1 aliphatic carbocycles. The molecule has 0 radical (unpaired) electrons. The summed E-state index contributed by atoms with van der Waals surface area (Å²) in [7, 11) is 0. The summed E-state index contributed by atoms with van der Waals surface area (Å²) in [6, 6.07) is 1.21. The van der Waals surface area contributed by atoms with Gasteiger partial charge < -0.3 is 16.0 Å². The highest BCUT2D eigenvalue weighted by Crippen LogP contribution is 2.16. The van der Waals surface area contributed by atoms with E-state index in [-0.39, 0.29) is 0 Å². The van der Waals surface area contributed by atoms with Crippen molar-refractivity contribution in [1.82, 2.24) is 10.2 Å². The molecule has 0 aromatic heterocycles. The predicted molar refractivity (Wildman–Crippen MR) is 73.1 cm³/mol. The van der Waals surface area contributed by atoms with Gasteiger partial charge >= 0.3 is 0 Å². The van der Waals surface area contributed by atoms with Gasteiger partial charge in [-0.25, -0.2) is 0 Å². The zero-order valence-electron chi connectivity index (χ0n) is 11.2. The average molecular weight is 239 g/mol. The molecule has 0 amide bonds. The fraction of sp³-hybridized carbons (Fsp3) is 1.00. The van der Waals surface area contributed by atoms with Crippen LogP contribution in [0.3, 0.4) is 0 Å². The lowest BCUT2D eigenvalue weighted by Gasteiger charge is -2.28. The van der Waals surface area contributed by atoms with E-state index in [1.165, 1.54) is 77.5 Å². The third kappa shape index (κ3) is 4.94. The SMILES string of the molecule is NC1CCC(NCCN2CCCCCC2)CC1. The second-order valence-corrected chi connectivity index (χ2v) is 5.82. The largest absolute Gasteiger partial charge is 0.328 e. The third-order valence-electron chi connectivity index (χ3n) is 4.33. The molecule has 0 atom stereocenters. The fourth-order valence-electron chi connectivity index (χ4n) is 3.11. The number of rotatable bonds is 4. The molecule has 17 heavy (non-hydrogen) atoms. The number of likely N-dealkylation sites (tertiary alicyclic amines) is 1. The number of hydrogen-bond donors (Lipinski definition) is 2. The smallest absolute Gasteiger partial charge is 0.0107 e. The maximum absolute atomic E-state index is 5.92. The van der Waals surface area contributed by atoms with Crippen molar-refractivity contribution in [2.24, 2.45) is 5.73 Å². The minimum Gasteiger partial charge on any atom is -0.328 e. The molecular weight excluding hydrogens is 210 g/mol. The van der Waals surface area contributed by atoms with E-state index < -0.39 is 0 Å². The highest BCUT2D eigenvalue weighted by atomic mass is 15.1. The lowest BCUT2D eigenvalue weighted by Crippen LogP contribution is -2.41.